The number of ether oxygens (including phenoxy) is 2. The molecule has 1 aliphatic carbocycles. The molecule has 0 amide bonds. The summed E-state index contributed by atoms with van der Waals surface area (Å²) < 4.78 is 24.0. The number of methoxy groups -OCH3 is 2. The maximum Gasteiger partial charge on any atom is 0.169 e. The van der Waals surface area contributed by atoms with Crippen molar-refractivity contribution in [1.82, 2.24) is 0 Å². The quantitative estimate of drug-likeness (QED) is 0.755. The van der Waals surface area contributed by atoms with Gasteiger partial charge < -0.3 is 9.47 Å². The van der Waals surface area contributed by atoms with Crippen LogP contribution in [0, 0.1) is 17.7 Å². The Kier molecular flexibility index (Phi) is 3.55. The molecule has 0 spiro atoms. The van der Waals surface area contributed by atoms with Crippen LogP contribution in [0.25, 0.3) is 0 Å². The van der Waals surface area contributed by atoms with Crippen molar-refractivity contribution in [1.29, 1.82) is 0 Å². The van der Waals surface area contributed by atoms with Gasteiger partial charge in [-0.05, 0) is 24.8 Å². The summed E-state index contributed by atoms with van der Waals surface area (Å²) in [5.41, 5.74) is 0.0899. The molecule has 0 radical (unpaired) electrons. The van der Waals surface area contributed by atoms with E-state index in [4.69, 9.17) is 9.47 Å². The van der Waals surface area contributed by atoms with E-state index in [0.29, 0.717) is 17.4 Å². The minimum Gasteiger partial charge on any atom is -0.493 e. The van der Waals surface area contributed by atoms with E-state index in [1.54, 1.807) is 0 Å². The van der Waals surface area contributed by atoms with Crippen LogP contribution in [0.15, 0.2) is 12.1 Å². The van der Waals surface area contributed by atoms with Gasteiger partial charge in [-0.15, -0.1) is 0 Å². The van der Waals surface area contributed by atoms with Gasteiger partial charge >= 0.3 is 0 Å². The molecule has 0 aliphatic heterocycles. The van der Waals surface area contributed by atoms with Crippen LogP contribution >= 0.6 is 0 Å². The van der Waals surface area contributed by atoms with Gasteiger partial charge in [-0.3, -0.25) is 4.79 Å². The van der Waals surface area contributed by atoms with Crippen molar-refractivity contribution >= 4 is 5.78 Å². The molecule has 2 rings (SSSR count). The molecule has 0 heterocycles. The third-order valence-corrected chi connectivity index (χ3v) is 3.48. The van der Waals surface area contributed by atoms with Crippen LogP contribution in [-0.2, 0) is 0 Å². The summed E-state index contributed by atoms with van der Waals surface area (Å²) >= 11 is 0. The fraction of sp³-hybridized carbons (Fsp3) is 0.500. The van der Waals surface area contributed by atoms with Crippen LogP contribution in [0.3, 0.4) is 0 Å². The summed E-state index contributed by atoms with van der Waals surface area (Å²) in [5, 5.41) is 0. The maximum absolute atomic E-state index is 13.9. The van der Waals surface area contributed by atoms with Crippen molar-refractivity contribution in [2.24, 2.45) is 11.8 Å². The van der Waals surface area contributed by atoms with E-state index in [0.717, 1.165) is 12.8 Å². The Bertz CT molecular complexity index is 466. The van der Waals surface area contributed by atoms with Gasteiger partial charge in [0.1, 0.15) is 5.82 Å². The fourth-order valence-electron chi connectivity index (χ4n) is 2.10. The molecular formula is C14H17FO3. The highest BCUT2D eigenvalue weighted by atomic mass is 19.1. The lowest BCUT2D eigenvalue weighted by Crippen LogP contribution is -2.15. The fourth-order valence-corrected chi connectivity index (χ4v) is 2.10. The standard InChI is InChI=1S/C14H17FO3/c1-8(9-4-5-9)14(16)10-6-12(17-2)13(18-3)7-11(10)15/h6-9H,4-5H2,1-3H3. The Hall–Kier alpha value is -1.58. The maximum atomic E-state index is 13.9. The molecule has 1 fully saturated rings. The van der Waals surface area contributed by atoms with Gasteiger partial charge in [-0.2, -0.15) is 0 Å². The van der Waals surface area contributed by atoms with Gasteiger partial charge in [0.15, 0.2) is 17.3 Å². The molecule has 1 aliphatic rings. The highest BCUT2D eigenvalue weighted by molar-refractivity contribution is 5.98. The molecule has 1 saturated carbocycles. The predicted molar refractivity (Wildman–Crippen MR) is 65.7 cm³/mol. The van der Waals surface area contributed by atoms with Gasteiger partial charge in [-0.1, -0.05) is 6.92 Å². The minimum atomic E-state index is -0.551. The molecule has 3 nitrogen and oxygen atoms in total. The average molecular weight is 252 g/mol. The highest BCUT2D eigenvalue weighted by Gasteiger charge is 2.34. The minimum absolute atomic E-state index is 0.0899. The molecule has 0 aromatic heterocycles. The van der Waals surface area contributed by atoms with Crippen molar-refractivity contribution in [2.45, 2.75) is 19.8 Å². The molecule has 98 valence electrons. The first-order valence-electron chi connectivity index (χ1n) is 6.04. The van der Waals surface area contributed by atoms with Gasteiger partial charge in [0.2, 0.25) is 0 Å². The van der Waals surface area contributed by atoms with E-state index in [2.05, 4.69) is 0 Å². The molecule has 0 bridgehead atoms. The van der Waals surface area contributed by atoms with Gasteiger partial charge in [-0.25, -0.2) is 4.39 Å². The first kappa shape index (κ1) is 12.9. The summed E-state index contributed by atoms with van der Waals surface area (Å²) in [4.78, 5) is 12.2. The number of Topliss-reactive ketones (excluding diaryl/α,β-unsaturated/α-hetero) is 1. The van der Waals surface area contributed by atoms with Crippen molar-refractivity contribution in [3.05, 3.63) is 23.5 Å². The lowest BCUT2D eigenvalue weighted by Gasteiger charge is -2.13. The van der Waals surface area contributed by atoms with E-state index in [1.165, 1.54) is 26.4 Å². The molecule has 0 saturated heterocycles. The third-order valence-electron chi connectivity index (χ3n) is 3.48. The Labute approximate surface area is 106 Å². The van der Waals surface area contributed by atoms with E-state index in [9.17, 15) is 9.18 Å². The second kappa shape index (κ2) is 4.96. The monoisotopic (exact) mass is 252 g/mol. The van der Waals surface area contributed by atoms with E-state index >= 15 is 0 Å². The number of carbonyl (C=O) groups is 1. The Morgan fingerprint density at radius 3 is 2.33 bits per heavy atom. The van der Waals surface area contributed by atoms with Gasteiger partial charge in [0.25, 0.3) is 0 Å². The first-order chi connectivity index (χ1) is 8.58. The number of hydrogen-bond donors (Lipinski definition) is 0. The third kappa shape index (κ3) is 2.33. The van der Waals surface area contributed by atoms with E-state index in [1.807, 2.05) is 6.92 Å². The molecule has 1 aromatic carbocycles. The van der Waals surface area contributed by atoms with Crippen LogP contribution in [0.4, 0.5) is 4.39 Å². The summed E-state index contributed by atoms with van der Waals surface area (Å²) in [5.74, 6) is 0.250. The van der Waals surface area contributed by atoms with Crippen LogP contribution < -0.4 is 9.47 Å². The zero-order valence-electron chi connectivity index (χ0n) is 10.8. The smallest absolute Gasteiger partial charge is 0.169 e. The highest BCUT2D eigenvalue weighted by Crippen LogP contribution is 2.39. The van der Waals surface area contributed by atoms with Crippen molar-refractivity contribution in [3.63, 3.8) is 0 Å². The predicted octanol–water partition coefficient (Wildman–Crippen LogP) is 3.07. The number of benzene rings is 1. The molecule has 0 N–H and O–H groups in total. The van der Waals surface area contributed by atoms with Gasteiger partial charge in [0.05, 0.1) is 19.8 Å². The lowest BCUT2D eigenvalue weighted by atomic mass is 9.94. The van der Waals surface area contributed by atoms with Crippen LogP contribution in [-0.4, -0.2) is 20.0 Å². The summed E-state index contributed by atoms with van der Waals surface area (Å²) in [7, 11) is 2.90. The number of hydrogen-bond acceptors (Lipinski definition) is 3. The first-order valence-corrected chi connectivity index (χ1v) is 6.04. The average Bonchev–Trinajstić information content (AvgIpc) is 3.20. The topological polar surface area (TPSA) is 35.5 Å². The van der Waals surface area contributed by atoms with E-state index in [-0.39, 0.29) is 17.3 Å². The summed E-state index contributed by atoms with van der Waals surface area (Å²) in [6.45, 7) is 1.86. The summed E-state index contributed by atoms with van der Waals surface area (Å²) in [6, 6.07) is 2.63. The zero-order valence-corrected chi connectivity index (χ0v) is 10.8. The zero-order chi connectivity index (χ0) is 13.3. The summed E-state index contributed by atoms with van der Waals surface area (Å²) in [6.07, 6.45) is 2.11. The molecule has 1 unspecified atom stereocenters. The van der Waals surface area contributed by atoms with Crippen molar-refractivity contribution in [3.8, 4) is 11.5 Å². The van der Waals surface area contributed by atoms with Crippen molar-refractivity contribution in [2.75, 3.05) is 14.2 Å². The van der Waals surface area contributed by atoms with Gasteiger partial charge in [0, 0.05) is 12.0 Å². The number of halogens is 1. The Balaban J connectivity index is 2.34. The Morgan fingerprint density at radius 1 is 1.28 bits per heavy atom. The van der Waals surface area contributed by atoms with Crippen LogP contribution in [0.1, 0.15) is 30.1 Å². The molecule has 4 heteroatoms. The number of ketones is 1. The van der Waals surface area contributed by atoms with E-state index < -0.39 is 5.82 Å². The lowest BCUT2D eigenvalue weighted by molar-refractivity contribution is 0.0911. The van der Waals surface area contributed by atoms with Crippen LogP contribution in [0.5, 0.6) is 11.5 Å². The SMILES string of the molecule is COc1cc(F)c(C(=O)C(C)C2CC2)cc1OC. The molecule has 1 atom stereocenters. The van der Waals surface area contributed by atoms with Crippen molar-refractivity contribution < 1.29 is 18.7 Å². The number of carbonyl (C=O) groups excluding carboxylic acids is 1. The number of rotatable bonds is 5. The normalized spacial score (nSPS) is 16.2. The molecular weight excluding hydrogens is 235 g/mol. The molecule has 1 aromatic rings. The van der Waals surface area contributed by atoms with Crippen LogP contribution in [0.2, 0.25) is 0 Å². The largest absolute Gasteiger partial charge is 0.493 e. The second-order valence-electron chi connectivity index (χ2n) is 4.68. The second-order valence-corrected chi connectivity index (χ2v) is 4.68. The molecule has 18 heavy (non-hydrogen) atoms. The Morgan fingerprint density at radius 2 is 1.83 bits per heavy atom.